The normalized spacial score (nSPS) is 11.3. The van der Waals surface area contributed by atoms with Gasteiger partial charge in [-0.15, -0.1) is 0 Å². The molecular formula is C14H19N3O3. The summed E-state index contributed by atoms with van der Waals surface area (Å²) in [7, 11) is 3.15. The Labute approximate surface area is 118 Å². The molecule has 0 saturated carbocycles. The van der Waals surface area contributed by atoms with Gasteiger partial charge in [0.15, 0.2) is 0 Å². The minimum atomic E-state index is -0.263. The highest BCUT2D eigenvalue weighted by atomic mass is 16.5. The van der Waals surface area contributed by atoms with Crippen molar-refractivity contribution in [3.63, 3.8) is 0 Å². The molecule has 0 aromatic carbocycles. The van der Waals surface area contributed by atoms with Crippen molar-refractivity contribution >= 4 is 5.91 Å². The SMILES string of the molecule is COCC(CNC(=O)c1ccc(C#CCN)cn1)OC. The van der Waals surface area contributed by atoms with E-state index in [1.54, 1.807) is 32.5 Å². The zero-order chi connectivity index (χ0) is 14.8. The van der Waals surface area contributed by atoms with Crippen molar-refractivity contribution in [3.05, 3.63) is 29.6 Å². The molecule has 1 rings (SSSR count). The largest absolute Gasteiger partial charge is 0.382 e. The fourth-order valence-electron chi connectivity index (χ4n) is 1.45. The lowest BCUT2D eigenvalue weighted by Crippen LogP contribution is -2.35. The van der Waals surface area contributed by atoms with E-state index in [1.165, 1.54) is 0 Å². The van der Waals surface area contributed by atoms with Gasteiger partial charge in [0, 0.05) is 32.5 Å². The number of pyridine rings is 1. The van der Waals surface area contributed by atoms with Gasteiger partial charge in [0.2, 0.25) is 0 Å². The minimum Gasteiger partial charge on any atom is -0.382 e. The van der Waals surface area contributed by atoms with Crippen LogP contribution in [0.2, 0.25) is 0 Å². The summed E-state index contributed by atoms with van der Waals surface area (Å²) in [4.78, 5) is 15.9. The van der Waals surface area contributed by atoms with Crippen molar-refractivity contribution in [2.75, 3.05) is 33.9 Å². The highest BCUT2D eigenvalue weighted by Gasteiger charge is 2.11. The molecule has 1 amide bonds. The van der Waals surface area contributed by atoms with Gasteiger partial charge in [-0.25, -0.2) is 4.98 Å². The summed E-state index contributed by atoms with van der Waals surface area (Å²) in [6, 6.07) is 3.35. The van der Waals surface area contributed by atoms with Gasteiger partial charge in [-0.1, -0.05) is 11.8 Å². The van der Waals surface area contributed by atoms with Gasteiger partial charge in [0.05, 0.1) is 19.3 Å². The molecule has 0 aliphatic heterocycles. The molecule has 0 radical (unpaired) electrons. The number of methoxy groups -OCH3 is 2. The Bertz CT molecular complexity index is 477. The van der Waals surface area contributed by atoms with Crippen LogP contribution in [0.5, 0.6) is 0 Å². The van der Waals surface area contributed by atoms with Crippen LogP contribution in [0.25, 0.3) is 0 Å². The maximum atomic E-state index is 11.9. The summed E-state index contributed by atoms with van der Waals surface area (Å²) in [6.45, 7) is 1.07. The van der Waals surface area contributed by atoms with Crippen molar-refractivity contribution < 1.29 is 14.3 Å². The maximum Gasteiger partial charge on any atom is 0.269 e. The number of aromatic nitrogens is 1. The molecule has 108 valence electrons. The molecule has 1 unspecified atom stereocenters. The number of nitrogens with one attached hydrogen (secondary N) is 1. The predicted octanol–water partition coefficient (Wildman–Crippen LogP) is -0.217. The Hall–Kier alpha value is -1.94. The second-order valence-corrected chi connectivity index (χ2v) is 3.96. The lowest BCUT2D eigenvalue weighted by atomic mass is 10.2. The Morgan fingerprint density at radius 3 is 2.85 bits per heavy atom. The Morgan fingerprint density at radius 1 is 1.50 bits per heavy atom. The highest BCUT2D eigenvalue weighted by molar-refractivity contribution is 5.92. The van der Waals surface area contributed by atoms with Gasteiger partial charge in [0.1, 0.15) is 5.69 Å². The summed E-state index contributed by atoms with van der Waals surface area (Å²) < 4.78 is 10.1. The average molecular weight is 277 g/mol. The fraction of sp³-hybridized carbons (Fsp3) is 0.429. The van der Waals surface area contributed by atoms with Gasteiger partial charge < -0.3 is 20.5 Å². The van der Waals surface area contributed by atoms with Crippen LogP contribution in [0.3, 0.4) is 0 Å². The topological polar surface area (TPSA) is 86.5 Å². The van der Waals surface area contributed by atoms with Gasteiger partial charge in [-0.2, -0.15) is 0 Å². The number of nitrogens with zero attached hydrogens (tertiary/aromatic N) is 1. The van der Waals surface area contributed by atoms with E-state index < -0.39 is 0 Å². The Balaban J connectivity index is 2.55. The molecule has 0 spiro atoms. The molecule has 0 saturated heterocycles. The summed E-state index contributed by atoms with van der Waals surface area (Å²) in [6.07, 6.45) is 1.36. The van der Waals surface area contributed by atoms with Crippen LogP contribution < -0.4 is 11.1 Å². The lowest BCUT2D eigenvalue weighted by molar-refractivity contribution is 0.0285. The van der Waals surface area contributed by atoms with Gasteiger partial charge >= 0.3 is 0 Å². The van der Waals surface area contributed by atoms with Crippen molar-refractivity contribution in [1.29, 1.82) is 0 Å². The van der Waals surface area contributed by atoms with E-state index in [-0.39, 0.29) is 12.0 Å². The summed E-state index contributed by atoms with van der Waals surface area (Å²) in [5, 5.41) is 2.73. The van der Waals surface area contributed by atoms with Crippen LogP contribution in [0, 0.1) is 11.8 Å². The summed E-state index contributed by atoms with van der Waals surface area (Å²) in [5.41, 5.74) is 6.33. The van der Waals surface area contributed by atoms with Crippen LogP contribution in [-0.2, 0) is 9.47 Å². The van der Waals surface area contributed by atoms with Crippen molar-refractivity contribution in [3.8, 4) is 11.8 Å². The number of nitrogens with two attached hydrogens (primary N) is 1. The molecule has 0 aliphatic rings. The van der Waals surface area contributed by atoms with Gasteiger partial charge in [-0.3, -0.25) is 4.79 Å². The molecule has 1 atom stereocenters. The molecule has 1 aromatic rings. The van der Waals surface area contributed by atoms with E-state index in [1.807, 2.05) is 0 Å². The van der Waals surface area contributed by atoms with Crippen LogP contribution in [0.4, 0.5) is 0 Å². The first-order chi connectivity index (χ1) is 9.71. The lowest BCUT2D eigenvalue weighted by Gasteiger charge is -2.14. The second-order valence-electron chi connectivity index (χ2n) is 3.96. The smallest absolute Gasteiger partial charge is 0.269 e. The molecule has 1 aromatic heterocycles. The van der Waals surface area contributed by atoms with E-state index in [9.17, 15) is 4.79 Å². The predicted molar refractivity (Wildman–Crippen MR) is 75.2 cm³/mol. The third-order valence-corrected chi connectivity index (χ3v) is 2.51. The summed E-state index contributed by atoms with van der Waals surface area (Å²) >= 11 is 0. The number of rotatable bonds is 6. The van der Waals surface area contributed by atoms with Crippen molar-refractivity contribution in [1.82, 2.24) is 10.3 Å². The number of hydrogen-bond acceptors (Lipinski definition) is 5. The monoisotopic (exact) mass is 277 g/mol. The molecule has 0 fully saturated rings. The fourth-order valence-corrected chi connectivity index (χ4v) is 1.45. The van der Waals surface area contributed by atoms with Crippen LogP contribution in [0.1, 0.15) is 16.1 Å². The van der Waals surface area contributed by atoms with Gasteiger partial charge in [0.25, 0.3) is 5.91 Å². The number of carbonyl (C=O) groups excluding carboxylic acids is 1. The second kappa shape index (κ2) is 9.04. The van der Waals surface area contributed by atoms with E-state index in [0.29, 0.717) is 25.4 Å². The van der Waals surface area contributed by atoms with Crippen molar-refractivity contribution in [2.24, 2.45) is 5.73 Å². The number of ether oxygens (including phenoxy) is 2. The Morgan fingerprint density at radius 2 is 2.30 bits per heavy atom. The Kier molecular flexibility index (Phi) is 7.29. The first kappa shape index (κ1) is 16.1. The molecular weight excluding hydrogens is 258 g/mol. The molecule has 1 heterocycles. The zero-order valence-electron chi connectivity index (χ0n) is 11.7. The first-order valence-corrected chi connectivity index (χ1v) is 6.16. The minimum absolute atomic E-state index is 0.182. The van der Waals surface area contributed by atoms with E-state index in [4.69, 9.17) is 15.2 Å². The van der Waals surface area contributed by atoms with Gasteiger partial charge in [-0.05, 0) is 12.1 Å². The van der Waals surface area contributed by atoms with E-state index >= 15 is 0 Å². The quantitative estimate of drug-likeness (QED) is 0.702. The third kappa shape index (κ3) is 5.36. The van der Waals surface area contributed by atoms with Crippen LogP contribution in [0.15, 0.2) is 18.3 Å². The van der Waals surface area contributed by atoms with Crippen LogP contribution >= 0.6 is 0 Å². The van der Waals surface area contributed by atoms with E-state index in [2.05, 4.69) is 22.1 Å². The number of hydrogen-bond donors (Lipinski definition) is 2. The molecule has 20 heavy (non-hydrogen) atoms. The summed E-state index contributed by atoms with van der Waals surface area (Å²) in [5.74, 6) is 5.30. The molecule has 0 bridgehead atoms. The zero-order valence-corrected chi connectivity index (χ0v) is 11.7. The standard InChI is InChI=1S/C14H19N3O3/c1-19-10-12(20-2)9-17-14(18)13-6-5-11(8-16-13)4-3-7-15/h5-6,8,12H,7,9-10,15H2,1-2H3,(H,17,18). The molecule has 6 heteroatoms. The number of carbonyl (C=O) groups is 1. The molecule has 6 nitrogen and oxygen atoms in total. The maximum absolute atomic E-state index is 11.9. The van der Waals surface area contributed by atoms with E-state index in [0.717, 1.165) is 5.56 Å². The third-order valence-electron chi connectivity index (χ3n) is 2.51. The van der Waals surface area contributed by atoms with Crippen molar-refractivity contribution in [2.45, 2.75) is 6.10 Å². The molecule has 0 aliphatic carbocycles. The molecule has 3 N–H and O–H groups in total. The number of amides is 1. The first-order valence-electron chi connectivity index (χ1n) is 6.16. The highest BCUT2D eigenvalue weighted by Crippen LogP contribution is 1.99. The average Bonchev–Trinajstić information content (AvgIpc) is 2.49. The van der Waals surface area contributed by atoms with Crippen LogP contribution in [-0.4, -0.2) is 50.9 Å².